The number of hydrogen-bond donors (Lipinski definition) is 3. The third-order valence-corrected chi connectivity index (χ3v) is 6.33. The summed E-state index contributed by atoms with van der Waals surface area (Å²) in [5.41, 5.74) is 3.54. The van der Waals surface area contributed by atoms with Crippen molar-refractivity contribution in [2.75, 3.05) is 6.54 Å². The van der Waals surface area contributed by atoms with Crippen molar-refractivity contribution in [3.05, 3.63) is 54.0 Å². The topological polar surface area (TPSA) is 109 Å². The molecule has 1 aromatic carbocycles. The molecule has 8 nitrogen and oxygen atoms in total. The average Bonchev–Trinajstić information content (AvgIpc) is 3.22. The van der Waals surface area contributed by atoms with Crippen LogP contribution < -0.4 is 10.6 Å². The summed E-state index contributed by atoms with van der Waals surface area (Å²) < 4.78 is 1.68. The zero-order valence-electron chi connectivity index (χ0n) is 20.8. The number of amides is 1. The first-order valence-electron chi connectivity index (χ1n) is 12.5. The molecule has 2 heterocycles. The van der Waals surface area contributed by atoms with Gasteiger partial charge in [0.25, 0.3) is 5.91 Å². The van der Waals surface area contributed by atoms with Crippen molar-refractivity contribution < 1.29 is 14.7 Å². The summed E-state index contributed by atoms with van der Waals surface area (Å²) in [5, 5.41) is 20.7. The molecular formula is C27H37N5O3. The average molecular weight is 480 g/mol. The number of nitrogens with one attached hydrogen (secondary N) is 2. The van der Waals surface area contributed by atoms with Gasteiger partial charge in [-0.2, -0.15) is 5.10 Å². The maximum absolute atomic E-state index is 12.6. The second kappa shape index (κ2) is 12.9. The van der Waals surface area contributed by atoms with Crippen LogP contribution in [0.25, 0.3) is 10.9 Å². The van der Waals surface area contributed by atoms with Gasteiger partial charge >= 0.3 is 5.97 Å². The third kappa shape index (κ3) is 7.80. The summed E-state index contributed by atoms with van der Waals surface area (Å²) in [6, 6.07) is 4.28. The number of aliphatic carboxylic acids is 1. The normalized spacial score (nSPS) is 15.1. The van der Waals surface area contributed by atoms with Crippen LogP contribution in [0.15, 0.2) is 53.4 Å². The number of hydrogen-bond acceptors (Lipinski definition) is 5. The predicted octanol–water partition coefficient (Wildman–Crippen LogP) is 4.73. The van der Waals surface area contributed by atoms with E-state index in [9.17, 15) is 14.7 Å². The quantitative estimate of drug-likeness (QED) is 0.284. The highest BCUT2D eigenvalue weighted by molar-refractivity contribution is 5.99. The van der Waals surface area contributed by atoms with E-state index >= 15 is 0 Å². The van der Waals surface area contributed by atoms with E-state index in [2.05, 4.69) is 29.2 Å². The molecule has 0 fully saturated rings. The molecule has 35 heavy (non-hydrogen) atoms. The van der Waals surface area contributed by atoms with E-state index in [1.54, 1.807) is 22.9 Å². The van der Waals surface area contributed by atoms with Crippen molar-refractivity contribution in [3.63, 3.8) is 0 Å². The Hall–Kier alpha value is -3.42. The number of rotatable bonds is 13. The van der Waals surface area contributed by atoms with Gasteiger partial charge in [0.1, 0.15) is 11.9 Å². The SMILES string of the molecule is C=C/C(CCCCCCCC(NC(=O)c1ccc2nn(C)cc2c1)C(=O)O)=N\C1=C(C)CCCN1. The number of fused-ring (bicyclic) bond motifs is 1. The van der Waals surface area contributed by atoms with Crippen molar-refractivity contribution in [2.45, 2.75) is 70.8 Å². The Balaban J connectivity index is 1.38. The van der Waals surface area contributed by atoms with Gasteiger partial charge in [-0.25, -0.2) is 9.79 Å². The van der Waals surface area contributed by atoms with Gasteiger partial charge in [0.2, 0.25) is 0 Å². The summed E-state index contributed by atoms with van der Waals surface area (Å²) in [5.74, 6) is -0.390. The molecule has 3 N–H and O–H groups in total. The van der Waals surface area contributed by atoms with E-state index in [0.29, 0.717) is 12.0 Å². The van der Waals surface area contributed by atoms with Gasteiger partial charge in [-0.15, -0.1) is 0 Å². The van der Waals surface area contributed by atoms with Gasteiger partial charge in [-0.3, -0.25) is 9.48 Å². The molecule has 2 aromatic rings. The number of carbonyl (C=O) groups excluding carboxylic acids is 1. The lowest BCUT2D eigenvalue weighted by Crippen LogP contribution is -2.40. The van der Waals surface area contributed by atoms with Crippen LogP contribution in [0.3, 0.4) is 0 Å². The van der Waals surface area contributed by atoms with Crippen LogP contribution in [-0.4, -0.2) is 45.1 Å². The number of aromatic nitrogens is 2. The van der Waals surface area contributed by atoms with Gasteiger partial charge in [-0.05, 0) is 68.9 Å². The van der Waals surface area contributed by atoms with Crippen LogP contribution in [0.5, 0.6) is 0 Å². The largest absolute Gasteiger partial charge is 0.480 e. The molecular weight excluding hydrogens is 442 g/mol. The Kier molecular flexibility index (Phi) is 9.64. The monoisotopic (exact) mass is 479 g/mol. The summed E-state index contributed by atoms with van der Waals surface area (Å²) in [7, 11) is 1.82. The van der Waals surface area contributed by atoms with Crippen LogP contribution in [0.2, 0.25) is 0 Å². The number of carbonyl (C=O) groups is 2. The first-order valence-corrected chi connectivity index (χ1v) is 12.5. The summed E-state index contributed by atoms with van der Waals surface area (Å²) >= 11 is 0. The van der Waals surface area contributed by atoms with Crippen molar-refractivity contribution in [3.8, 4) is 0 Å². The number of aryl methyl sites for hydroxylation is 1. The minimum atomic E-state index is -1.01. The van der Waals surface area contributed by atoms with Crippen LogP contribution in [0.1, 0.15) is 75.1 Å². The van der Waals surface area contributed by atoms with Gasteiger partial charge in [0, 0.05) is 36.5 Å². The molecule has 1 aliphatic rings. The van der Waals surface area contributed by atoms with E-state index in [0.717, 1.165) is 80.3 Å². The number of aliphatic imine (C=N–C) groups is 1. The highest BCUT2D eigenvalue weighted by Gasteiger charge is 2.20. The third-order valence-electron chi connectivity index (χ3n) is 6.33. The van der Waals surface area contributed by atoms with Crippen LogP contribution in [0, 0.1) is 0 Å². The Morgan fingerprint density at radius 1 is 1.29 bits per heavy atom. The molecule has 0 saturated heterocycles. The first kappa shape index (κ1) is 26.2. The van der Waals surface area contributed by atoms with Gasteiger partial charge in [-0.1, -0.05) is 32.3 Å². The number of carboxylic acid groups (broad SMARTS) is 1. The Labute approximate surface area is 207 Å². The minimum Gasteiger partial charge on any atom is -0.480 e. The molecule has 1 unspecified atom stereocenters. The fourth-order valence-corrected chi connectivity index (χ4v) is 4.29. The molecule has 1 aliphatic heterocycles. The highest BCUT2D eigenvalue weighted by Crippen LogP contribution is 2.17. The fourth-order valence-electron chi connectivity index (χ4n) is 4.29. The number of unbranched alkanes of at least 4 members (excludes halogenated alkanes) is 4. The van der Waals surface area contributed by atoms with Gasteiger partial charge in [0.05, 0.1) is 5.52 Å². The first-order chi connectivity index (χ1) is 16.9. The molecule has 0 saturated carbocycles. The maximum Gasteiger partial charge on any atom is 0.326 e. The van der Waals surface area contributed by atoms with Crippen molar-refractivity contribution in [1.29, 1.82) is 0 Å². The Morgan fingerprint density at radius 2 is 2.06 bits per heavy atom. The van der Waals surface area contributed by atoms with Crippen molar-refractivity contribution in [1.82, 2.24) is 20.4 Å². The number of allylic oxidation sites excluding steroid dienone is 2. The molecule has 1 amide bonds. The molecule has 0 aliphatic carbocycles. The Morgan fingerprint density at radius 3 is 2.80 bits per heavy atom. The number of carboxylic acids is 1. The minimum absolute atomic E-state index is 0.378. The highest BCUT2D eigenvalue weighted by atomic mass is 16.4. The molecule has 8 heteroatoms. The van der Waals surface area contributed by atoms with Crippen LogP contribution >= 0.6 is 0 Å². The molecule has 3 rings (SSSR count). The number of benzene rings is 1. The van der Waals surface area contributed by atoms with Gasteiger partial charge < -0.3 is 15.7 Å². The van der Waals surface area contributed by atoms with E-state index in [4.69, 9.17) is 4.99 Å². The van der Waals surface area contributed by atoms with Crippen LogP contribution in [0.4, 0.5) is 0 Å². The molecule has 0 radical (unpaired) electrons. The fraction of sp³-hybridized carbons (Fsp3) is 0.481. The maximum atomic E-state index is 12.6. The molecule has 1 atom stereocenters. The lowest BCUT2D eigenvalue weighted by Gasteiger charge is -2.17. The molecule has 188 valence electrons. The predicted molar refractivity (Wildman–Crippen MR) is 139 cm³/mol. The molecule has 1 aromatic heterocycles. The zero-order valence-corrected chi connectivity index (χ0v) is 20.8. The van der Waals surface area contributed by atoms with E-state index < -0.39 is 12.0 Å². The summed E-state index contributed by atoms with van der Waals surface area (Å²) in [6.45, 7) is 6.99. The van der Waals surface area contributed by atoms with Crippen molar-refractivity contribution >= 4 is 28.5 Å². The number of nitrogens with zero attached hydrogens (tertiary/aromatic N) is 3. The van der Waals surface area contributed by atoms with Crippen LogP contribution in [-0.2, 0) is 11.8 Å². The van der Waals surface area contributed by atoms with Crippen molar-refractivity contribution in [2.24, 2.45) is 12.0 Å². The summed E-state index contributed by atoms with van der Waals surface area (Å²) in [4.78, 5) is 29.0. The van der Waals surface area contributed by atoms with Gasteiger partial charge in [0.15, 0.2) is 0 Å². The van der Waals surface area contributed by atoms with E-state index in [1.165, 1.54) is 5.57 Å². The molecule has 0 spiro atoms. The molecule has 0 bridgehead atoms. The van der Waals surface area contributed by atoms with E-state index in [1.807, 2.05) is 19.3 Å². The second-order valence-electron chi connectivity index (χ2n) is 9.21. The standard InChI is InChI=1S/C27H37N5O3/c1-4-22(29-25-19(2)11-10-16-28-25)12-8-6-5-7-9-13-24(27(34)35)30-26(33)20-14-15-23-21(17-20)18-32(3)31-23/h4,14-15,17-18,24,28H,1,5-13,16H2,2-3H3,(H,30,33)(H,34,35)/b29-22+. The zero-order chi connectivity index (χ0) is 25.2. The van der Waals surface area contributed by atoms with E-state index in [-0.39, 0.29) is 5.91 Å². The smallest absolute Gasteiger partial charge is 0.326 e. The lowest BCUT2D eigenvalue weighted by atomic mass is 10.0. The summed E-state index contributed by atoms with van der Waals surface area (Å²) in [6.07, 6.45) is 12.0. The Bertz CT molecular complexity index is 1120. The second-order valence-corrected chi connectivity index (χ2v) is 9.21. The lowest BCUT2D eigenvalue weighted by molar-refractivity contribution is -0.139.